The molecule has 2 N–H and O–H groups in total. The Hall–Kier alpha value is -1.63. The first-order chi connectivity index (χ1) is 11.5. The molecule has 0 radical (unpaired) electrons. The van der Waals surface area contributed by atoms with Gasteiger partial charge in [-0.05, 0) is 39.2 Å². The predicted octanol–water partition coefficient (Wildman–Crippen LogP) is 0.840. The summed E-state index contributed by atoms with van der Waals surface area (Å²) in [5.41, 5.74) is -0.754. The van der Waals surface area contributed by atoms with Gasteiger partial charge in [-0.15, -0.1) is 0 Å². The van der Waals surface area contributed by atoms with Crippen LogP contribution in [-0.2, 0) is 9.59 Å². The third kappa shape index (κ3) is 2.79. The van der Waals surface area contributed by atoms with E-state index in [0.717, 1.165) is 38.8 Å². The van der Waals surface area contributed by atoms with Crippen LogP contribution in [0.4, 0.5) is 4.79 Å². The van der Waals surface area contributed by atoms with Crippen LogP contribution in [0.25, 0.3) is 0 Å². The van der Waals surface area contributed by atoms with Gasteiger partial charge in [0.05, 0.1) is 0 Å². The van der Waals surface area contributed by atoms with Crippen molar-refractivity contribution in [1.82, 2.24) is 20.4 Å². The molecule has 134 valence electrons. The van der Waals surface area contributed by atoms with Gasteiger partial charge >= 0.3 is 6.03 Å². The second kappa shape index (κ2) is 6.70. The standard InChI is InChI=1S/C17H28N4O3/c1-3-10-20(13-6-9-18-11-13)14(22)12(2)21-15(23)17(19-16(21)24)7-4-5-8-17/h12-13,18H,3-11H2,1-2H3,(H,19,24). The lowest BCUT2D eigenvalue weighted by molar-refractivity contribution is -0.144. The molecular weight excluding hydrogens is 308 g/mol. The van der Waals surface area contributed by atoms with E-state index in [-0.39, 0.29) is 17.9 Å². The highest BCUT2D eigenvalue weighted by Crippen LogP contribution is 2.36. The van der Waals surface area contributed by atoms with Gasteiger partial charge in [-0.25, -0.2) is 9.69 Å². The van der Waals surface area contributed by atoms with Gasteiger partial charge in [0.15, 0.2) is 0 Å². The number of carbonyl (C=O) groups is 3. The molecule has 7 nitrogen and oxygen atoms in total. The molecule has 2 unspecified atom stereocenters. The van der Waals surface area contributed by atoms with E-state index in [2.05, 4.69) is 10.6 Å². The average molecular weight is 336 g/mol. The quantitative estimate of drug-likeness (QED) is 0.729. The van der Waals surface area contributed by atoms with Crippen LogP contribution in [-0.4, -0.2) is 64.9 Å². The maximum atomic E-state index is 13.0. The third-order valence-electron chi connectivity index (χ3n) is 5.62. The fourth-order valence-electron chi connectivity index (χ4n) is 4.28. The fraction of sp³-hybridized carbons (Fsp3) is 0.824. The van der Waals surface area contributed by atoms with Crippen molar-refractivity contribution in [3.63, 3.8) is 0 Å². The molecule has 2 aliphatic heterocycles. The number of hydrogen-bond acceptors (Lipinski definition) is 4. The van der Waals surface area contributed by atoms with Gasteiger partial charge in [0.1, 0.15) is 11.6 Å². The van der Waals surface area contributed by atoms with Gasteiger partial charge in [-0.1, -0.05) is 19.8 Å². The van der Waals surface area contributed by atoms with E-state index in [1.54, 1.807) is 6.92 Å². The third-order valence-corrected chi connectivity index (χ3v) is 5.62. The molecule has 24 heavy (non-hydrogen) atoms. The van der Waals surface area contributed by atoms with Gasteiger partial charge in [0.25, 0.3) is 5.91 Å². The van der Waals surface area contributed by atoms with Crippen molar-refractivity contribution >= 4 is 17.8 Å². The summed E-state index contributed by atoms with van der Waals surface area (Å²) in [6, 6.07) is -1.01. The number of nitrogens with zero attached hydrogens (tertiary/aromatic N) is 2. The lowest BCUT2D eigenvalue weighted by Crippen LogP contribution is -2.54. The molecule has 0 aromatic carbocycles. The molecule has 3 aliphatic rings. The molecule has 1 spiro atoms. The summed E-state index contributed by atoms with van der Waals surface area (Å²) in [5, 5.41) is 6.14. The molecular formula is C17H28N4O3. The van der Waals surface area contributed by atoms with Crippen LogP contribution in [0.3, 0.4) is 0 Å². The first kappa shape index (κ1) is 17.2. The zero-order valence-corrected chi connectivity index (χ0v) is 14.6. The van der Waals surface area contributed by atoms with E-state index in [1.807, 2.05) is 11.8 Å². The highest BCUT2D eigenvalue weighted by Gasteiger charge is 2.55. The lowest BCUT2D eigenvalue weighted by atomic mass is 9.97. The van der Waals surface area contributed by atoms with E-state index >= 15 is 0 Å². The average Bonchev–Trinajstić information content (AvgIpc) is 3.27. The molecule has 2 saturated heterocycles. The summed E-state index contributed by atoms with van der Waals surface area (Å²) in [6.45, 7) is 6.05. The summed E-state index contributed by atoms with van der Waals surface area (Å²) in [7, 11) is 0. The van der Waals surface area contributed by atoms with Crippen LogP contribution < -0.4 is 10.6 Å². The highest BCUT2D eigenvalue weighted by molar-refractivity contribution is 6.10. The Balaban J connectivity index is 1.76. The fourth-order valence-corrected chi connectivity index (χ4v) is 4.28. The zero-order chi connectivity index (χ0) is 17.3. The molecule has 3 fully saturated rings. The van der Waals surface area contributed by atoms with Crippen molar-refractivity contribution in [2.45, 2.75) is 70.0 Å². The monoisotopic (exact) mass is 336 g/mol. The number of imide groups is 1. The van der Waals surface area contributed by atoms with E-state index in [9.17, 15) is 14.4 Å². The van der Waals surface area contributed by atoms with Crippen LogP contribution in [0, 0.1) is 0 Å². The van der Waals surface area contributed by atoms with Crippen molar-refractivity contribution in [1.29, 1.82) is 0 Å². The Morgan fingerprint density at radius 1 is 1.38 bits per heavy atom. The van der Waals surface area contributed by atoms with E-state index in [4.69, 9.17) is 0 Å². The van der Waals surface area contributed by atoms with Gasteiger partial charge in [0.2, 0.25) is 5.91 Å². The van der Waals surface area contributed by atoms with Crippen LogP contribution in [0.1, 0.15) is 52.4 Å². The summed E-state index contributed by atoms with van der Waals surface area (Å²) in [5.74, 6) is -0.337. The van der Waals surface area contributed by atoms with E-state index in [1.165, 1.54) is 4.90 Å². The number of urea groups is 1. The van der Waals surface area contributed by atoms with Gasteiger partial charge in [-0.2, -0.15) is 0 Å². The Morgan fingerprint density at radius 3 is 2.67 bits per heavy atom. The molecule has 0 aromatic rings. The molecule has 0 bridgehead atoms. The van der Waals surface area contributed by atoms with Gasteiger partial charge in [0, 0.05) is 19.1 Å². The lowest BCUT2D eigenvalue weighted by Gasteiger charge is -2.33. The van der Waals surface area contributed by atoms with Gasteiger partial charge < -0.3 is 15.5 Å². The number of amides is 4. The number of nitrogens with one attached hydrogen (secondary N) is 2. The Bertz CT molecular complexity index is 524. The van der Waals surface area contributed by atoms with Crippen molar-refractivity contribution in [3.8, 4) is 0 Å². The van der Waals surface area contributed by atoms with Gasteiger partial charge in [-0.3, -0.25) is 9.59 Å². The van der Waals surface area contributed by atoms with Crippen LogP contribution >= 0.6 is 0 Å². The minimum absolute atomic E-state index is 0.121. The summed E-state index contributed by atoms with van der Waals surface area (Å²) in [4.78, 5) is 41.3. The molecule has 2 heterocycles. The van der Waals surface area contributed by atoms with Crippen LogP contribution in [0.5, 0.6) is 0 Å². The molecule has 0 aromatic heterocycles. The summed E-state index contributed by atoms with van der Waals surface area (Å²) < 4.78 is 0. The second-order valence-corrected chi connectivity index (χ2v) is 7.25. The minimum Gasteiger partial charge on any atom is -0.337 e. The normalized spacial score (nSPS) is 26.9. The first-order valence-corrected chi connectivity index (χ1v) is 9.17. The minimum atomic E-state index is -0.754. The predicted molar refractivity (Wildman–Crippen MR) is 89.3 cm³/mol. The SMILES string of the molecule is CCCN(C(=O)C(C)N1C(=O)NC2(CCCC2)C1=O)C1CCNC1. The maximum absolute atomic E-state index is 13.0. The van der Waals surface area contributed by atoms with E-state index < -0.39 is 17.6 Å². The molecule has 4 amide bonds. The van der Waals surface area contributed by atoms with Crippen LogP contribution in [0.2, 0.25) is 0 Å². The number of rotatable bonds is 5. The molecule has 3 rings (SSSR count). The molecule has 1 saturated carbocycles. The smallest absolute Gasteiger partial charge is 0.325 e. The van der Waals surface area contributed by atoms with Crippen molar-refractivity contribution in [3.05, 3.63) is 0 Å². The van der Waals surface area contributed by atoms with Crippen LogP contribution in [0.15, 0.2) is 0 Å². The Morgan fingerprint density at radius 2 is 2.08 bits per heavy atom. The van der Waals surface area contributed by atoms with Crippen molar-refractivity contribution in [2.24, 2.45) is 0 Å². The molecule has 1 aliphatic carbocycles. The van der Waals surface area contributed by atoms with Crippen molar-refractivity contribution in [2.75, 3.05) is 19.6 Å². The molecule has 2 atom stereocenters. The van der Waals surface area contributed by atoms with Crippen molar-refractivity contribution < 1.29 is 14.4 Å². The second-order valence-electron chi connectivity index (χ2n) is 7.25. The maximum Gasteiger partial charge on any atom is 0.325 e. The summed E-state index contributed by atoms with van der Waals surface area (Å²) >= 11 is 0. The number of carbonyl (C=O) groups excluding carboxylic acids is 3. The Kier molecular flexibility index (Phi) is 4.80. The summed E-state index contributed by atoms with van der Waals surface area (Å²) in [6.07, 6.45) is 5.03. The zero-order valence-electron chi connectivity index (χ0n) is 14.6. The topological polar surface area (TPSA) is 81.8 Å². The Labute approximate surface area is 143 Å². The van der Waals surface area contributed by atoms with E-state index in [0.29, 0.717) is 19.4 Å². The molecule has 7 heteroatoms. The number of hydrogen-bond donors (Lipinski definition) is 2. The largest absolute Gasteiger partial charge is 0.337 e. The highest BCUT2D eigenvalue weighted by atomic mass is 16.2. The first-order valence-electron chi connectivity index (χ1n) is 9.17.